The summed E-state index contributed by atoms with van der Waals surface area (Å²) in [5.41, 5.74) is 0.473. The van der Waals surface area contributed by atoms with E-state index >= 15 is 0 Å². The maximum Gasteiger partial charge on any atom is 0.263 e. The van der Waals surface area contributed by atoms with Gasteiger partial charge >= 0.3 is 0 Å². The lowest BCUT2D eigenvalue weighted by Crippen LogP contribution is -2.13. The summed E-state index contributed by atoms with van der Waals surface area (Å²) in [5, 5.41) is 0.191. The number of hydrogen-bond donors (Lipinski definition) is 1. The fraction of sp³-hybridized carbons (Fsp3) is 0. The first kappa shape index (κ1) is 15.1. The van der Waals surface area contributed by atoms with Crippen molar-refractivity contribution in [2.75, 3.05) is 4.72 Å². The summed E-state index contributed by atoms with van der Waals surface area (Å²) in [5.74, 6) is 0. The Labute approximate surface area is 138 Å². The van der Waals surface area contributed by atoms with Crippen LogP contribution in [0.15, 0.2) is 51.8 Å². The molecule has 0 atom stereocenters. The Morgan fingerprint density at radius 2 is 1.84 bits per heavy atom. The second kappa shape index (κ2) is 5.99. The largest absolute Gasteiger partial charge is 0.278 e. The molecule has 0 aliphatic heterocycles. The highest BCUT2D eigenvalue weighted by Crippen LogP contribution is 2.28. The summed E-state index contributed by atoms with van der Waals surface area (Å²) in [6, 6.07) is 11.6. The second-order valence-electron chi connectivity index (χ2n) is 3.66. The van der Waals surface area contributed by atoms with E-state index in [2.05, 4.69) is 43.2 Å². The number of nitrogens with one attached hydrogen (secondary N) is 1. The normalized spacial score (nSPS) is 11.3. The Morgan fingerprint density at radius 3 is 2.47 bits per heavy atom. The molecule has 0 amide bonds. The molecule has 2 aromatic rings. The zero-order valence-corrected chi connectivity index (χ0v) is 14.7. The van der Waals surface area contributed by atoms with Crippen molar-refractivity contribution in [2.24, 2.45) is 0 Å². The van der Waals surface area contributed by atoms with Gasteiger partial charge in [-0.05, 0) is 68.9 Å². The van der Waals surface area contributed by atoms with Crippen LogP contribution in [0.5, 0.6) is 0 Å². The minimum atomic E-state index is -3.69. The van der Waals surface area contributed by atoms with Crippen molar-refractivity contribution in [3.8, 4) is 0 Å². The number of rotatable bonds is 3. The van der Waals surface area contributed by atoms with Gasteiger partial charge in [0.05, 0.1) is 10.7 Å². The van der Waals surface area contributed by atoms with E-state index < -0.39 is 10.0 Å². The van der Waals surface area contributed by atoms with E-state index in [4.69, 9.17) is 11.6 Å². The van der Waals surface area contributed by atoms with Gasteiger partial charge in [0, 0.05) is 8.04 Å². The van der Waals surface area contributed by atoms with Crippen LogP contribution >= 0.6 is 50.1 Å². The summed E-state index contributed by atoms with van der Waals surface area (Å²) in [7, 11) is -3.69. The van der Waals surface area contributed by atoms with Crippen molar-refractivity contribution >= 4 is 65.8 Å². The third kappa shape index (κ3) is 3.62. The molecule has 0 heterocycles. The van der Waals surface area contributed by atoms with Gasteiger partial charge in [-0.1, -0.05) is 23.7 Å². The van der Waals surface area contributed by atoms with Crippen molar-refractivity contribution in [3.05, 3.63) is 55.5 Å². The lowest BCUT2D eigenvalue weighted by Gasteiger charge is -2.11. The topological polar surface area (TPSA) is 46.2 Å². The van der Waals surface area contributed by atoms with Crippen molar-refractivity contribution in [3.63, 3.8) is 0 Å². The van der Waals surface area contributed by atoms with Gasteiger partial charge in [-0.2, -0.15) is 0 Å². The Morgan fingerprint density at radius 1 is 1.16 bits per heavy atom. The molecule has 0 unspecified atom stereocenters. The smallest absolute Gasteiger partial charge is 0.263 e. The highest BCUT2D eigenvalue weighted by Gasteiger charge is 2.18. The van der Waals surface area contributed by atoms with Crippen LogP contribution in [-0.4, -0.2) is 8.42 Å². The first-order valence-corrected chi connectivity index (χ1v) is 8.86. The number of sulfonamides is 1. The van der Waals surface area contributed by atoms with E-state index in [1.54, 1.807) is 24.3 Å². The van der Waals surface area contributed by atoms with E-state index in [1.807, 2.05) is 12.1 Å². The van der Waals surface area contributed by atoms with Gasteiger partial charge in [0.1, 0.15) is 4.90 Å². The molecular formula is C12H8BrClINO2S. The minimum Gasteiger partial charge on any atom is -0.278 e. The maximum atomic E-state index is 12.2. The number of halogens is 3. The molecule has 2 aromatic carbocycles. The van der Waals surface area contributed by atoms with Crippen LogP contribution in [0, 0.1) is 3.57 Å². The molecule has 1 N–H and O–H groups in total. The molecule has 19 heavy (non-hydrogen) atoms. The lowest BCUT2D eigenvalue weighted by atomic mass is 10.3. The number of benzene rings is 2. The highest BCUT2D eigenvalue weighted by molar-refractivity contribution is 14.1. The fourth-order valence-corrected chi connectivity index (χ4v) is 4.56. The first-order valence-electron chi connectivity index (χ1n) is 5.12. The van der Waals surface area contributed by atoms with E-state index in [-0.39, 0.29) is 9.92 Å². The fourth-order valence-electron chi connectivity index (χ4n) is 1.43. The molecule has 0 saturated heterocycles. The summed E-state index contributed by atoms with van der Waals surface area (Å²) in [6.07, 6.45) is 0. The Balaban J connectivity index is 2.40. The van der Waals surface area contributed by atoms with Crippen molar-refractivity contribution in [1.29, 1.82) is 0 Å². The molecule has 0 fully saturated rings. The molecule has 0 bridgehead atoms. The van der Waals surface area contributed by atoms with Gasteiger partial charge in [-0.25, -0.2) is 8.42 Å². The molecule has 0 aromatic heterocycles. The standard InChI is InChI=1S/C12H8BrClINO2S/c13-9-7-8(15)5-6-11(9)16-19(17,18)12-4-2-1-3-10(12)14/h1-7,16H. The Bertz CT molecular complexity index is 721. The van der Waals surface area contributed by atoms with E-state index in [0.717, 1.165) is 3.57 Å². The van der Waals surface area contributed by atoms with Crippen LogP contribution in [0.4, 0.5) is 5.69 Å². The Kier molecular flexibility index (Phi) is 4.75. The molecule has 2 rings (SSSR count). The quantitative estimate of drug-likeness (QED) is 0.669. The molecule has 7 heteroatoms. The van der Waals surface area contributed by atoms with Gasteiger partial charge < -0.3 is 0 Å². The number of hydrogen-bond acceptors (Lipinski definition) is 2. The zero-order chi connectivity index (χ0) is 14.0. The molecule has 0 saturated carbocycles. The third-order valence-corrected chi connectivity index (χ3v) is 5.49. The monoisotopic (exact) mass is 471 g/mol. The minimum absolute atomic E-state index is 0.0575. The first-order chi connectivity index (χ1) is 8.90. The summed E-state index contributed by atoms with van der Waals surface area (Å²) >= 11 is 11.4. The zero-order valence-electron chi connectivity index (χ0n) is 9.40. The van der Waals surface area contributed by atoms with Crippen LogP contribution < -0.4 is 4.72 Å². The SMILES string of the molecule is O=S(=O)(Nc1ccc(I)cc1Br)c1ccccc1Cl. The van der Waals surface area contributed by atoms with E-state index in [9.17, 15) is 8.42 Å². The summed E-state index contributed by atoms with van der Waals surface area (Å²) < 4.78 is 28.7. The third-order valence-electron chi connectivity index (χ3n) is 2.30. The molecule has 0 spiro atoms. The van der Waals surface area contributed by atoms with Crippen molar-refractivity contribution in [2.45, 2.75) is 4.90 Å². The van der Waals surface area contributed by atoms with Crippen LogP contribution in [0.3, 0.4) is 0 Å². The average Bonchev–Trinajstić information content (AvgIpc) is 2.33. The van der Waals surface area contributed by atoms with Gasteiger partial charge in [-0.3, -0.25) is 4.72 Å². The van der Waals surface area contributed by atoms with Crippen LogP contribution in [0.25, 0.3) is 0 Å². The van der Waals surface area contributed by atoms with Crippen LogP contribution in [0.2, 0.25) is 5.02 Å². The van der Waals surface area contributed by atoms with E-state index in [0.29, 0.717) is 10.2 Å². The molecule has 0 aliphatic carbocycles. The predicted octanol–water partition coefficient (Wildman–Crippen LogP) is 4.51. The summed E-state index contributed by atoms with van der Waals surface area (Å²) in [6.45, 7) is 0. The van der Waals surface area contributed by atoms with Crippen molar-refractivity contribution in [1.82, 2.24) is 0 Å². The van der Waals surface area contributed by atoms with Crippen LogP contribution in [0.1, 0.15) is 0 Å². The van der Waals surface area contributed by atoms with Crippen molar-refractivity contribution < 1.29 is 8.42 Å². The highest BCUT2D eigenvalue weighted by atomic mass is 127. The molecule has 0 aliphatic rings. The predicted molar refractivity (Wildman–Crippen MR) is 89.1 cm³/mol. The van der Waals surface area contributed by atoms with Gasteiger partial charge in [0.2, 0.25) is 0 Å². The second-order valence-corrected chi connectivity index (χ2v) is 7.82. The van der Waals surface area contributed by atoms with Gasteiger partial charge in [0.15, 0.2) is 0 Å². The molecule has 100 valence electrons. The van der Waals surface area contributed by atoms with Crippen LogP contribution in [-0.2, 0) is 10.0 Å². The van der Waals surface area contributed by atoms with Gasteiger partial charge in [-0.15, -0.1) is 0 Å². The average molecular weight is 473 g/mol. The van der Waals surface area contributed by atoms with E-state index in [1.165, 1.54) is 6.07 Å². The molecule has 0 radical (unpaired) electrons. The molecule has 3 nitrogen and oxygen atoms in total. The molecular weight excluding hydrogens is 464 g/mol. The van der Waals surface area contributed by atoms with Gasteiger partial charge in [0.25, 0.3) is 10.0 Å². The number of anilines is 1. The lowest BCUT2D eigenvalue weighted by molar-refractivity contribution is 0.601. The maximum absolute atomic E-state index is 12.2. The summed E-state index contributed by atoms with van der Waals surface area (Å²) in [4.78, 5) is 0.0575. The Hall–Kier alpha value is -0.310.